The van der Waals surface area contributed by atoms with Gasteiger partial charge in [-0.25, -0.2) is 9.59 Å². The van der Waals surface area contributed by atoms with Gasteiger partial charge in [-0.3, -0.25) is 9.78 Å². The topological polar surface area (TPSA) is 89.5 Å². The average Bonchev–Trinajstić information content (AvgIpc) is 2.50. The van der Waals surface area contributed by atoms with E-state index in [2.05, 4.69) is 41.5 Å². The van der Waals surface area contributed by atoms with Crippen LogP contribution in [0.2, 0.25) is 0 Å². The van der Waals surface area contributed by atoms with Gasteiger partial charge in [0.25, 0.3) is 0 Å². The van der Waals surface area contributed by atoms with Gasteiger partial charge < -0.3 is 9.47 Å². The van der Waals surface area contributed by atoms with Crippen molar-refractivity contribution in [2.75, 3.05) is 13.2 Å². The molecular formula is C22H42O8. The van der Waals surface area contributed by atoms with E-state index in [1.165, 1.54) is 0 Å². The van der Waals surface area contributed by atoms with Gasteiger partial charge in [-0.2, -0.15) is 9.78 Å². The smallest absolute Gasteiger partial charge is 0.432 e. The fourth-order valence-corrected chi connectivity index (χ4v) is 3.47. The van der Waals surface area contributed by atoms with Crippen molar-refractivity contribution in [3.05, 3.63) is 0 Å². The lowest BCUT2D eigenvalue weighted by Gasteiger charge is -2.30. The minimum atomic E-state index is -0.896. The molecular weight excluding hydrogens is 392 g/mol. The molecule has 0 rings (SSSR count). The summed E-state index contributed by atoms with van der Waals surface area (Å²) in [6.07, 6.45) is 0.600. The zero-order valence-corrected chi connectivity index (χ0v) is 20.5. The van der Waals surface area contributed by atoms with Crippen molar-refractivity contribution >= 4 is 12.3 Å². The Balaban J connectivity index is 3.86. The molecule has 30 heavy (non-hydrogen) atoms. The van der Waals surface area contributed by atoms with Gasteiger partial charge in [0.15, 0.2) is 0 Å². The molecule has 0 fully saturated rings. The molecule has 0 aromatic heterocycles. The van der Waals surface area contributed by atoms with Crippen LogP contribution in [-0.4, -0.2) is 36.7 Å². The number of ether oxygens (including phenoxy) is 2. The highest BCUT2D eigenvalue weighted by Gasteiger charge is 2.30. The normalized spacial score (nSPS) is 13.0. The lowest BCUT2D eigenvalue weighted by Crippen LogP contribution is -2.31. The summed E-state index contributed by atoms with van der Waals surface area (Å²) >= 11 is 0. The molecule has 0 aromatic rings. The number of unbranched alkanes of at least 4 members (excludes halogenated alkanes) is 1. The number of hydrogen-bond acceptors (Lipinski definition) is 8. The zero-order valence-electron chi connectivity index (χ0n) is 20.5. The van der Waals surface area contributed by atoms with E-state index in [1.807, 2.05) is 27.7 Å². The van der Waals surface area contributed by atoms with Crippen molar-refractivity contribution in [1.82, 2.24) is 0 Å². The third kappa shape index (κ3) is 17.3. The fraction of sp³-hybridized carbons (Fsp3) is 0.909. The van der Waals surface area contributed by atoms with Crippen molar-refractivity contribution in [1.29, 1.82) is 0 Å². The minimum absolute atomic E-state index is 0.0330. The molecule has 8 nitrogen and oxygen atoms in total. The summed E-state index contributed by atoms with van der Waals surface area (Å²) in [4.78, 5) is 43.0. The van der Waals surface area contributed by atoms with Crippen molar-refractivity contribution in [3.63, 3.8) is 0 Å². The SMILES string of the molecule is CC(C)(C)CC(C)(C)OOC(=O)OCCCCOC(=O)OOC(C)(C)CC(C)(C)C. The molecule has 0 saturated carbocycles. The van der Waals surface area contributed by atoms with Crippen molar-refractivity contribution < 1.29 is 38.6 Å². The molecule has 0 spiro atoms. The fourth-order valence-electron chi connectivity index (χ4n) is 3.47. The molecule has 0 unspecified atom stereocenters. The molecule has 0 aliphatic heterocycles. The molecule has 0 aliphatic carbocycles. The molecule has 0 saturated heterocycles. The van der Waals surface area contributed by atoms with Gasteiger partial charge in [-0.1, -0.05) is 41.5 Å². The summed E-state index contributed by atoms with van der Waals surface area (Å²) in [6, 6.07) is 0. The first-order valence-corrected chi connectivity index (χ1v) is 10.5. The zero-order chi connectivity index (χ0) is 23.6. The molecule has 0 amide bonds. The standard InChI is InChI=1S/C22H42O8/c1-19(2,3)15-21(7,8)29-27-17(23)25-13-11-12-14-26-18(24)28-30-22(9,10)16-20(4,5)6/h11-16H2,1-10H3. The Hall–Kier alpha value is -1.54. The van der Waals surface area contributed by atoms with E-state index in [9.17, 15) is 9.59 Å². The van der Waals surface area contributed by atoms with E-state index < -0.39 is 23.5 Å². The highest BCUT2D eigenvalue weighted by atomic mass is 17.2. The molecule has 0 radical (unpaired) electrons. The molecule has 0 atom stereocenters. The van der Waals surface area contributed by atoms with Gasteiger partial charge in [0.1, 0.15) is 11.2 Å². The lowest BCUT2D eigenvalue weighted by molar-refractivity contribution is -0.323. The Morgan fingerprint density at radius 2 is 0.867 bits per heavy atom. The summed E-state index contributed by atoms with van der Waals surface area (Å²) in [5.41, 5.74) is -1.17. The van der Waals surface area contributed by atoms with E-state index in [0.29, 0.717) is 25.7 Å². The highest BCUT2D eigenvalue weighted by molar-refractivity contribution is 5.59. The second kappa shape index (κ2) is 11.7. The second-order valence-electron chi connectivity index (χ2n) is 11.2. The van der Waals surface area contributed by atoms with Gasteiger partial charge in [-0.05, 0) is 64.2 Å². The second-order valence-corrected chi connectivity index (χ2v) is 11.2. The first kappa shape index (κ1) is 28.5. The minimum Gasteiger partial charge on any atom is -0.432 e. The molecule has 0 heterocycles. The Bertz CT molecular complexity index is 478. The van der Waals surface area contributed by atoms with E-state index in [-0.39, 0.29) is 24.0 Å². The maximum absolute atomic E-state index is 11.6. The first-order valence-electron chi connectivity index (χ1n) is 10.5. The number of carbonyl (C=O) groups excluding carboxylic acids is 2. The average molecular weight is 435 g/mol. The number of carbonyl (C=O) groups is 2. The maximum Gasteiger partial charge on any atom is 0.540 e. The quantitative estimate of drug-likeness (QED) is 0.160. The summed E-state index contributed by atoms with van der Waals surface area (Å²) in [5.74, 6) is 0. The summed E-state index contributed by atoms with van der Waals surface area (Å²) in [7, 11) is 0. The maximum atomic E-state index is 11.6. The van der Waals surface area contributed by atoms with Crippen LogP contribution < -0.4 is 0 Å². The van der Waals surface area contributed by atoms with E-state index in [1.54, 1.807) is 0 Å². The van der Waals surface area contributed by atoms with Crippen LogP contribution in [0.25, 0.3) is 0 Å². The predicted octanol–water partition coefficient (Wildman–Crippen LogP) is 6.37. The van der Waals surface area contributed by atoms with Crippen molar-refractivity contribution in [2.24, 2.45) is 10.8 Å². The van der Waals surface area contributed by atoms with Gasteiger partial charge in [0, 0.05) is 0 Å². The third-order valence-corrected chi connectivity index (χ3v) is 3.56. The van der Waals surface area contributed by atoms with Gasteiger partial charge >= 0.3 is 12.3 Å². The Kier molecular flexibility index (Phi) is 11.1. The van der Waals surface area contributed by atoms with Crippen LogP contribution in [0.3, 0.4) is 0 Å². The largest absolute Gasteiger partial charge is 0.540 e. The molecule has 0 aliphatic rings. The van der Waals surface area contributed by atoms with Crippen LogP contribution in [0.1, 0.15) is 94.9 Å². The Morgan fingerprint density at radius 3 is 1.13 bits per heavy atom. The third-order valence-electron chi connectivity index (χ3n) is 3.56. The van der Waals surface area contributed by atoms with Crippen LogP contribution in [0.5, 0.6) is 0 Å². The van der Waals surface area contributed by atoms with E-state index in [0.717, 1.165) is 0 Å². The summed E-state index contributed by atoms with van der Waals surface area (Å²) < 4.78 is 9.86. The van der Waals surface area contributed by atoms with Gasteiger partial charge in [0.2, 0.25) is 0 Å². The predicted molar refractivity (Wildman–Crippen MR) is 113 cm³/mol. The molecule has 0 N–H and O–H groups in total. The molecule has 8 heteroatoms. The van der Waals surface area contributed by atoms with Crippen LogP contribution in [0.4, 0.5) is 9.59 Å². The van der Waals surface area contributed by atoms with Crippen molar-refractivity contribution in [3.8, 4) is 0 Å². The van der Waals surface area contributed by atoms with Gasteiger partial charge in [-0.15, -0.1) is 0 Å². The van der Waals surface area contributed by atoms with Gasteiger partial charge in [0.05, 0.1) is 13.2 Å². The van der Waals surface area contributed by atoms with Crippen LogP contribution in [0.15, 0.2) is 0 Å². The van der Waals surface area contributed by atoms with E-state index >= 15 is 0 Å². The first-order chi connectivity index (χ1) is 13.4. The number of rotatable bonds is 11. The molecule has 0 aromatic carbocycles. The van der Waals surface area contributed by atoms with Crippen LogP contribution in [0, 0.1) is 10.8 Å². The highest BCUT2D eigenvalue weighted by Crippen LogP contribution is 2.30. The summed E-state index contributed by atoms with van der Waals surface area (Å²) in [6.45, 7) is 20.1. The Morgan fingerprint density at radius 1 is 0.567 bits per heavy atom. The number of hydrogen-bond donors (Lipinski definition) is 0. The lowest BCUT2D eigenvalue weighted by atomic mass is 9.84. The monoisotopic (exact) mass is 434 g/mol. The molecule has 0 bridgehead atoms. The van der Waals surface area contributed by atoms with E-state index in [4.69, 9.17) is 29.0 Å². The summed E-state index contributed by atoms with van der Waals surface area (Å²) in [5, 5.41) is 0. The Labute approximate surface area is 181 Å². The molecule has 178 valence electrons. The van der Waals surface area contributed by atoms with Crippen LogP contribution in [-0.2, 0) is 29.0 Å². The van der Waals surface area contributed by atoms with Crippen molar-refractivity contribution in [2.45, 2.75) is 106 Å². The van der Waals surface area contributed by atoms with Crippen LogP contribution >= 0.6 is 0 Å².